The average molecular weight is 277 g/mol. The van der Waals surface area contributed by atoms with Crippen LogP contribution in [0.25, 0.3) is 0 Å². The number of hydrogen-bond acceptors (Lipinski definition) is 2. The van der Waals surface area contributed by atoms with E-state index in [0.29, 0.717) is 18.4 Å². The summed E-state index contributed by atoms with van der Waals surface area (Å²) in [4.78, 5) is 0. The minimum Gasteiger partial charge on any atom is -0.428 e. The van der Waals surface area contributed by atoms with Gasteiger partial charge >= 0.3 is 12.5 Å². The molecule has 1 aromatic rings. The largest absolute Gasteiger partial charge is 0.461 e. The molecule has 0 fully saturated rings. The zero-order chi connectivity index (χ0) is 14.5. The highest BCUT2D eigenvalue weighted by molar-refractivity contribution is 5.30. The maximum absolute atomic E-state index is 12.8. The molecule has 0 aliphatic carbocycles. The second-order valence-electron chi connectivity index (χ2n) is 4.01. The maximum atomic E-state index is 12.8. The van der Waals surface area contributed by atoms with Crippen molar-refractivity contribution in [1.29, 1.82) is 0 Å². The highest BCUT2D eigenvalue weighted by Crippen LogP contribution is 2.29. The summed E-state index contributed by atoms with van der Waals surface area (Å²) in [7, 11) is 0. The molecule has 0 saturated heterocycles. The standard InChI is InChI=1S/C13H15F4NO/c1-2-3-7-11(18)9-5-4-6-10(8-9)19-13(16,17)12(14)15/h2,4-6,8,11-12H,1,3,7,18H2/t11-/m1/s1. The number of halogens is 4. The van der Waals surface area contributed by atoms with E-state index in [0.717, 1.165) is 0 Å². The summed E-state index contributed by atoms with van der Waals surface area (Å²) in [5, 5.41) is 0. The molecular weight excluding hydrogens is 262 g/mol. The second kappa shape index (κ2) is 6.56. The van der Waals surface area contributed by atoms with Gasteiger partial charge in [-0.25, -0.2) is 0 Å². The number of hydrogen-bond donors (Lipinski definition) is 1. The van der Waals surface area contributed by atoms with Crippen LogP contribution in [0.4, 0.5) is 17.6 Å². The lowest BCUT2D eigenvalue weighted by atomic mass is 10.0. The third-order valence-electron chi connectivity index (χ3n) is 2.48. The molecule has 19 heavy (non-hydrogen) atoms. The van der Waals surface area contributed by atoms with Gasteiger partial charge in [0.15, 0.2) is 0 Å². The first-order valence-electron chi connectivity index (χ1n) is 5.68. The predicted octanol–water partition coefficient (Wildman–Crippen LogP) is 3.89. The first-order valence-corrected chi connectivity index (χ1v) is 5.68. The van der Waals surface area contributed by atoms with E-state index in [1.54, 1.807) is 12.1 Å². The van der Waals surface area contributed by atoms with Gasteiger partial charge in [-0.05, 0) is 30.5 Å². The molecule has 2 nitrogen and oxygen atoms in total. The summed E-state index contributed by atoms with van der Waals surface area (Å²) >= 11 is 0. The molecule has 0 unspecified atom stereocenters. The zero-order valence-electron chi connectivity index (χ0n) is 10.2. The van der Waals surface area contributed by atoms with Gasteiger partial charge in [0.1, 0.15) is 5.75 Å². The first-order chi connectivity index (χ1) is 8.86. The maximum Gasteiger partial charge on any atom is 0.461 e. The number of allylic oxidation sites excluding steroid dienone is 1. The first kappa shape index (κ1) is 15.5. The van der Waals surface area contributed by atoms with Crippen molar-refractivity contribution in [1.82, 2.24) is 0 Å². The normalized spacial score (nSPS) is 13.4. The average Bonchev–Trinajstić information content (AvgIpc) is 2.35. The molecule has 1 aromatic carbocycles. The summed E-state index contributed by atoms with van der Waals surface area (Å²) in [6.45, 7) is 3.55. The van der Waals surface area contributed by atoms with Crippen LogP contribution in [0.1, 0.15) is 24.4 Å². The van der Waals surface area contributed by atoms with Gasteiger partial charge in [-0.15, -0.1) is 6.58 Å². The van der Waals surface area contributed by atoms with Crippen molar-refractivity contribution in [3.63, 3.8) is 0 Å². The lowest BCUT2D eigenvalue weighted by Gasteiger charge is -2.18. The Bertz CT molecular complexity index is 423. The molecule has 0 heterocycles. The molecule has 0 aromatic heterocycles. The van der Waals surface area contributed by atoms with Crippen LogP contribution in [0.15, 0.2) is 36.9 Å². The number of ether oxygens (including phenoxy) is 1. The van der Waals surface area contributed by atoms with E-state index in [4.69, 9.17) is 5.73 Å². The monoisotopic (exact) mass is 277 g/mol. The van der Waals surface area contributed by atoms with E-state index in [1.165, 1.54) is 18.2 Å². The summed E-state index contributed by atoms with van der Waals surface area (Å²) in [5.41, 5.74) is 6.38. The van der Waals surface area contributed by atoms with E-state index >= 15 is 0 Å². The van der Waals surface area contributed by atoms with Crippen molar-refractivity contribution in [2.24, 2.45) is 5.73 Å². The van der Waals surface area contributed by atoms with Crippen LogP contribution in [0.2, 0.25) is 0 Å². The van der Waals surface area contributed by atoms with Crippen molar-refractivity contribution in [2.75, 3.05) is 0 Å². The smallest absolute Gasteiger partial charge is 0.428 e. The summed E-state index contributed by atoms with van der Waals surface area (Å²) in [6, 6.07) is 5.09. The Morgan fingerprint density at radius 1 is 1.37 bits per heavy atom. The topological polar surface area (TPSA) is 35.2 Å². The Labute approximate surface area is 108 Å². The van der Waals surface area contributed by atoms with Gasteiger partial charge in [-0.3, -0.25) is 0 Å². The molecule has 0 saturated carbocycles. The molecule has 0 aliphatic rings. The fraction of sp³-hybridized carbons (Fsp3) is 0.385. The van der Waals surface area contributed by atoms with Crippen LogP contribution in [0.3, 0.4) is 0 Å². The van der Waals surface area contributed by atoms with Crippen molar-refractivity contribution in [3.05, 3.63) is 42.5 Å². The van der Waals surface area contributed by atoms with Crippen LogP contribution in [0, 0.1) is 0 Å². The molecule has 0 bridgehead atoms. The van der Waals surface area contributed by atoms with Gasteiger partial charge in [0.25, 0.3) is 0 Å². The summed E-state index contributed by atoms with van der Waals surface area (Å²) in [6.07, 6.45) is -5.46. The van der Waals surface area contributed by atoms with Crippen LogP contribution < -0.4 is 10.5 Å². The minimum atomic E-state index is -4.51. The molecule has 106 valence electrons. The molecule has 0 amide bonds. The molecule has 0 spiro atoms. The Kier molecular flexibility index (Phi) is 5.35. The van der Waals surface area contributed by atoms with E-state index in [9.17, 15) is 17.6 Å². The van der Waals surface area contributed by atoms with Gasteiger partial charge < -0.3 is 10.5 Å². The van der Waals surface area contributed by atoms with Crippen LogP contribution in [-0.4, -0.2) is 12.5 Å². The minimum absolute atomic E-state index is 0.336. The van der Waals surface area contributed by atoms with Gasteiger partial charge in [0, 0.05) is 6.04 Å². The Morgan fingerprint density at radius 2 is 2.05 bits per heavy atom. The highest BCUT2D eigenvalue weighted by atomic mass is 19.3. The van der Waals surface area contributed by atoms with Crippen molar-refractivity contribution in [2.45, 2.75) is 31.4 Å². The number of nitrogens with two attached hydrogens (primary N) is 1. The van der Waals surface area contributed by atoms with Gasteiger partial charge in [-0.1, -0.05) is 18.2 Å². The second-order valence-corrected chi connectivity index (χ2v) is 4.01. The molecule has 2 N–H and O–H groups in total. The predicted molar refractivity (Wildman–Crippen MR) is 64.4 cm³/mol. The SMILES string of the molecule is C=CCC[C@@H](N)c1cccc(OC(F)(F)C(F)F)c1. The number of alkyl halides is 4. The Hall–Kier alpha value is -1.56. The molecule has 0 radical (unpaired) electrons. The Morgan fingerprint density at radius 3 is 2.63 bits per heavy atom. The summed E-state index contributed by atoms with van der Waals surface area (Å²) < 4.78 is 53.5. The van der Waals surface area contributed by atoms with Crippen LogP contribution in [0.5, 0.6) is 5.75 Å². The molecule has 0 aliphatic heterocycles. The fourth-order valence-corrected chi connectivity index (χ4v) is 1.47. The third kappa shape index (κ3) is 4.55. The quantitative estimate of drug-likeness (QED) is 0.606. The van der Waals surface area contributed by atoms with E-state index in [2.05, 4.69) is 11.3 Å². The van der Waals surface area contributed by atoms with Gasteiger partial charge in [-0.2, -0.15) is 17.6 Å². The number of rotatable bonds is 7. The summed E-state index contributed by atoms with van der Waals surface area (Å²) in [5.74, 6) is -0.336. The fourth-order valence-electron chi connectivity index (χ4n) is 1.47. The lowest BCUT2D eigenvalue weighted by Crippen LogP contribution is -2.33. The highest BCUT2D eigenvalue weighted by Gasteiger charge is 2.43. The third-order valence-corrected chi connectivity index (χ3v) is 2.48. The molecule has 1 atom stereocenters. The van der Waals surface area contributed by atoms with Crippen molar-refractivity contribution in [3.8, 4) is 5.75 Å². The number of benzene rings is 1. The van der Waals surface area contributed by atoms with Gasteiger partial charge in [0.05, 0.1) is 0 Å². The van der Waals surface area contributed by atoms with Crippen LogP contribution >= 0.6 is 0 Å². The van der Waals surface area contributed by atoms with Gasteiger partial charge in [0.2, 0.25) is 0 Å². The van der Waals surface area contributed by atoms with E-state index in [1.807, 2.05) is 0 Å². The molecule has 1 rings (SSSR count). The van der Waals surface area contributed by atoms with Crippen molar-refractivity contribution >= 4 is 0 Å². The molecular formula is C13H15F4NO. The molecule has 6 heteroatoms. The van der Waals surface area contributed by atoms with Crippen LogP contribution in [-0.2, 0) is 0 Å². The lowest BCUT2D eigenvalue weighted by molar-refractivity contribution is -0.253. The zero-order valence-corrected chi connectivity index (χ0v) is 10.2. The van der Waals surface area contributed by atoms with E-state index < -0.39 is 12.5 Å². The van der Waals surface area contributed by atoms with E-state index in [-0.39, 0.29) is 11.8 Å². The van der Waals surface area contributed by atoms with Crippen molar-refractivity contribution < 1.29 is 22.3 Å². The Balaban J connectivity index is 2.79.